The van der Waals surface area contributed by atoms with E-state index in [4.69, 9.17) is 21.1 Å². The van der Waals surface area contributed by atoms with Crippen LogP contribution in [0.15, 0.2) is 48.8 Å². The van der Waals surface area contributed by atoms with Crippen molar-refractivity contribution in [2.45, 2.75) is 0 Å². The van der Waals surface area contributed by atoms with E-state index in [-0.39, 0.29) is 10.7 Å². The Bertz CT molecular complexity index is 893. The van der Waals surface area contributed by atoms with Gasteiger partial charge in [-0.1, -0.05) is 23.7 Å². The molecule has 0 aliphatic carbocycles. The van der Waals surface area contributed by atoms with Crippen LogP contribution in [-0.4, -0.2) is 27.8 Å². The predicted molar refractivity (Wildman–Crippen MR) is 93.5 cm³/mol. The fourth-order valence-electron chi connectivity index (χ4n) is 2.13. The first-order chi connectivity index (χ1) is 12.1. The van der Waals surface area contributed by atoms with Gasteiger partial charge >= 0.3 is 0 Å². The lowest BCUT2D eigenvalue weighted by molar-refractivity contribution is 0.102. The van der Waals surface area contributed by atoms with Crippen LogP contribution in [0, 0.1) is 0 Å². The van der Waals surface area contributed by atoms with E-state index < -0.39 is 5.91 Å². The molecule has 1 N–H and O–H groups in total. The number of rotatable bonds is 5. The van der Waals surface area contributed by atoms with Gasteiger partial charge in [-0.15, -0.1) is 0 Å². The highest BCUT2D eigenvalue weighted by Crippen LogP contribution is 2.30. The Morgan fingerprint density at radius 1 is 1.20 bits per heavy atom. The summed E-state index contributed by atoms with van der Waals surface area (Å²) in [5.74, 6) is 1.12. The predicted octanol–water partition coefficient (Wildman–Crippen LogP) is 3.52. The SMILES string of the molecule is COc1ccccc1Oc1ccc(NC(=O)c2nn(C)cc2Cl)cn1. The van der Waals surface area contributed by atoms with E-state index >= 15 is 0 Å². The lowest BCUT2D eigenvalue weighted by Gasteiger charge is -2.09. The monoisotopic (exact) mass is 358 g/mol. The van der Waals surface area contributed by atoms with Crippen molar-refractivity contribution >= 4 is 23.2 Å². The number of benzene rings is 1. The molecule has 0 spiro atoms. The third-order valence-corrected chi connectivity index (χ3v) is 3.55. The van der Waals surface area contributed by atoms with Gasteiger partial charge in [-0.25, -0.2) is 4.98 Å². The molecule has 0 aliphatic heterocycles. The topological polar surface area (TPSA) is 78.3 Å². The minimum absolute atomic E-state index is 0.151. The fraction of sp³-hybridized carbons (Fsp3) is 0.118. The first-order valence-electron chi connectivity index (χ1n) is 7.34. The summed E-state index contributed by atoms with van der Waals surface area (Å²) in [7, 11) is 3.26. The Morgan fingerprint density at radius 3 is 2.56 bits per heavy atom. The van der Waals surface area contributed by atoms with E-state index in [2.05, 4.69) is 15.4 Å². The van der Waals surface area contributed by atoms with E-state index in [0.29, 0.717) is 23.1 Å². The van der Waals surface area contributed by atoms with Crippen molar-refractivity contribution in [3.05, 3.63) is 59.5 Å². The highest BCUT2D eigenvalue weighted by molar-refractivity contribution is 6.34. The number of halogens is 1. The first kappa shape index (κ1) is 16.8. The van der Waals surface area contributed by atoms with Crippen molar-refractivity contribution in [3.8, 4) is 17.4 Å². The smallest absolute Gasteiger partial charge is 0.277 e. The normalized spacial score (nSPS) is 10.4. The number of carbonyl (C=O) groups excluding carboxylic acids is 1. The van der Waals surface area contributed by atoms with Crippen molar-refractivity contribution in [3.63, 3.8) is 0 Å². The van der Waals surface area contributed by atoms with E-state index in [9.17, 15) is 4.79 Å². The molecule has 2 heterocycles. The van der Waals surface area contributed by atoms with Crippen LogP contribution in [0.2, 0.25) is 5.02 Å². The lowest BCUT2D eigenvalue weighted by Crippen LogP contribution is -2.13. The van der Waals surface area contributed by atoms with Gasteiger partial charge in [-0.3, -0.25) is 9.48 Å². The molecule has 2 aromatic heterocycles. The molecule has 0 unspecified atom stereocenters. The third-order valence-electron chi connectivity index (χ3n) is 3.28. The summed E-state index contributed by atoms with van der Waals surface area (Å²) in [6.45, 7) is 0. The zero-order chi connectivity index (χ0) is 17.8. The number of aromatic nitrogens is 3. The molecule has 0 bridgehead atoms. The molecule has 0 saturated carbocycles. The molecule has 25 heavy (non-hydrogen) atoms. The summed E-state index contributed by atoms with van der Waals surface area (Å²) in [6.07, 6.45) is 3.04. The standard InChI is InChI=1S/C17H15ClN4O3/c1-22-10-12(18)16(21-22)17(23)20-11-7-8-15(19-9-11)25-14-6-4-3-5-13(14)24-2/h3-10H,1-2H3,(H,20,23). The van der Waals surface area contributed by atoms with Gasteiger partial charge < -0.3 is 14.8 Å². The lowest BCUT2D eigenvalue weighted by atomic mass is 10.3. The second-order valence-electron chi connectivity index (χ2n) is 5.09. The van der Waals surface area contributed by atoms with Crippen LogP contribution < -0.4 is 14.8 Å². The molecule has 0 fully saturated rings. The summed E-state index contributed by atoms with van der Waals surface area (Å²) >= 11 is 5.96. The maximum atomic E-state index is 12.2. The Labute approximate surface area is 149 Å². The molecule has 3 rings (SSSR count). The van der Waals surface area contributed by atoms with E-state index in [1.54, 1.807) is 44.6 Å². The van der Waals surface area contributed by atoms with Crippen LogP contribution in [-0.2, 0) is 7.05 Å². The van der Waals surface area contributed by atoms with Crippen molar-refractivity contribution < 1.29 is 14.3 Å². The van der Waals surface area contributed by atoms with Gasteiger partial charge in [0.15, 0.2) is 17.2 Å². The van der Waals surface area contributed by atoms with Crippen molar-refractivity contribution in [1.82, 2.24) is 14.8 Å². The van der Waals surface area contributed by atoms with Gasteiger partial charge in [0.1, 0.15) is 0 Å². The number of hydrogen-bond donors (Lipinski definition) is 1. The molecule has 7 nitrogen and oxygen atoms in total. The number of aryl methyl sites for hydroxylation is 1. The molecular weight excluding hydrogens is 344 g/mol. The zero-order valence-corrected chi connectivity index (χ0v) is 14.3. The van der Waals surface area contributed by atoms with Crippen LogP contribution >= 0.6 is 11.6 Å². The molecule has 1 aromatic carbocycles. The highest BCUT2D eigenvalue weighted by Gasteiger charge is 2.15. The van der Waals surface area contributed by atoms with Gasteiger partial charge in [0.2, 0.25) is 5.88 Å². The molecule has 3 aromatic rings. The van der Waals surface area contributed by atoms with Gasteiger partial charge in [0.05, 0.1) is 24.0 Å². The van der Waals surface area contributed by atoms with Crippen LogP contribution in [0.4, 0.5) is 5.69 Å². The van der Waals surface area contributed by atoms with Crippen LogP contribution in [0.5, 0.6) is 17.4 Å². The average molecular weight is 359 g/mol. The van der Waals surface area contributed by atoms with E-state index in [1.807, 2.05) is 12.1 Å². The molecule has 0 saturated heterocycles. The second kappa shape index (κ2) is 7.23. The van der Waals surface area contributed by atoms with Crippen LogP contribution in [0.25, 0.3) is 0 Å². The second-order valence-corrected chi connectivity index (χ2v) is 5.50. The minimum atomic E-state index is -0.411. The Balaban J connectivity index is 1.70. The quantitative estimate of drug-likeness (QED) is 0.755. The van der Waals surface area contributed by atoms with Crippen molar-refractivity contribution in [2.75, 3.05) is 12.4 Å². The summed E-state index contributed by atoms with van der Waals surface area (Å²) in [5.41, 5.74) is 0.651. The number of ether oxygens (including phenoxy) is 2. The maximum Gasteiger partial charge on any atom is 0.277 e. The number of pyridine rings is 1. The number of amides is 1. The van der Waals surface area contributed by atoms with Crippen molar-refractivity contribution in [1.29, 1.82) is 0 Å². The average Bonchev–Trinajstić information content (AvgIpc) is 2.95. The van der Waals surface area contributed by atoms with Crippen molar-refractivity contribution in [2.24, 2.45) is 7.05 Å². The number of nitrogens with one attached hydrogen (secondary N) is 1. The molecule has 0 atom stereocenters. The van der Waals surface area contributed by atoms with Gasteiger partial charge in [0.25, 0.3) is 5.91 Å². The zero-order valence-electron chi connectivity index (χ0n) is 13.6. The number of nitrogens with zero attached hydrogens (tertiary/aromatic N) is 3. The Hall–Kier alpha value is -3.06. The summed E-state index contributed by atoms with van der Waals surface area (Å²) < 4.78 is 12.4. The van der Waals surface area contributed by atoms with Crippen LogP contribution in [0.3, 0.4) is 0 Å². The summed E-state index contributed by atoms with van der Waals surface area (Å²) in [6, 6.07) is 10.6. The summed E-state index contributed by atoms with van der Waals surface area (Å²) in [5, 5.41) is 6.98. The van der Waals surface area contributed by atoms with Gasteiger partial charge in [-0.2, -0.15) is 5.10 Å². The molecule has 8 heteroatoms. The maximum absolute atomic E-state index is 12.2. The summed E-state index contributed by atoms with van der Waals surface area (Å²) in [4.78, 5) is 16.3. The Kier molecular flexibility index (Phi) is 4.85. The first-order valence-corrected chi connectivity index (χ1v) is 7.72. The fourth-order valence-corrected chi connectivity index (χ4v) is 2.40. The molecular formula is C17H15ClN4O3. The molecule has 0 radical (unpaired) electrons. The van der Waals surface area contributed by atoms with Gasteiger partial charge in [0, 0.05) is 19.3 Å². The minimum Gasteiger partial charge on any atom is -0.493 e. The number of hydrogen-bond acceptors (Lipinski definition) is 5. The molecule has 128 valence electrons. The largest absolute Gasteiger partial charge is 0.493 e. The highest BCUT2D eigenvalue weighted by atomic mass is 35.5. The molecule has 1 amide bonds. The van der Waals surface area contributed by atoms with Crippen LogP contribution in [0.1, 0.15) is 10.5 Å². The van der Waals surface area contributed by atoms with Gasteiger partial charge in [-0.05, 0) is 18.2 Å². The Morgan fingerprint density at radius 2 is 1.96 bits per heavy atom. The third kappa shape index (κ3) is 3.89. The van der Waals surface area contributed by atoms with E-state index in [0.717, 1.165) is 0 Å². The number of carbonyl (C=O) groups is 1. The number of anilines is 1. The number of para-hydroxylation sites is 2. The molecule has 0 aliphatic rings. The van der Waals surface area contributed by atoms with E-state index in [1.165, 1.54) is 10.9 Å². The number of methoxy groups -OCH3 is 1.